The van der Waals surface area contributed by atoms with Gasteiger partial charge in [0, 0.05) is 18.1 Å². The van der Waals surface area contributed by atoms with E-state index >= 15 is 0 Å². The van der Waals surface area contributed by atoms with Gasteiger partial charge in [0.25, 0.3) is 0 Å². The van der Waals surface area contributed by atoms with E-state index in [0.717, 1.165) is 5.56 Å². The summed E-state index contributed by atoms with van der Waals surface area (Å²) >= 11 is 1.50. The Morgan fingerprint density at radius 3 is 2.81 bits per heavy atom. The number of aromatic nitrogens is 2. The number of rotatable bonds is 3. The largest absolute Gasteiger partial charge is 0.508 e. The van der Waals surface area contributed by atoms with Gasteiger partial charge in [-0.15, -0.1) is 0 Å². The fraction of sp³-hybridized carbons (Fsp3) is 0.0909. The highest BCUT2D eigenvalue weighted by Gasteiger charge is 2.02. The molecule has 4 nitrogen and oxygen atoms in total. The van der Waals surface area contributed by atoms with Gasteiger partial charge in [-0.3, -0.25) is 0 Å². The van der Waals surface area contributed by atoms with Gasteiger partial charge in [-0.05, 0) is 17.7 Å². The van der Waals surface area contributed by atoms with Crippen molar-refractivity contribution in [2.75, 3.05) is 5.73 Å². The van der Waals surface area contributed by atoms with E-state index in [9.17, 15) is 5.11 Å². The van der Waals surface area contributed by atoms with E-state index < -0.39 is 0 Å². The molecule has 0 radical (unpaired) electrons. The third-order valence-electron chi connectivity index (χ3n) is 1.98. The van der Waals surface area contributed by atoms with Crippen molar-refractivity contribution in [3.8, 4) is 5.75 Å². The fourth-order valence-electron chi connectivity index (χ4n) is 1.25. The average Bonchev–Trinajstić information content (AvgIpc) is 2.28. The second-order valence-electron chi connectivity index (χ2n) is 3.21. The van der Waals surface area contributed by atoms with Crippen LogP contribution in [-0.4, -0.2) is 15.1 Å². The molecule has 82 valence electrons. The Balaban J connectivity index is 2.05. The molecule has 0 aliphatic carbocycles. The minimum Gasteiger partial charge on any atom is -0.508 e. The number of anilines is 1. The Labute approximate surface area is 97.5 Å². The molecule has 16 heavy (non-hydrogen) atoms. The SMILES string of the molecule is Nc1nccnc1SCc1cccc(O)c1. The van der Waals surface area contributed by atoms with Gasteiger partial charge in [0.1, 0.15) is 10.8 Å². The fourth-order valence-corrected chi connectivity index (χ4v) is 2.06. The second-order valence-corrected chi connectivity index (χ2v) is 4.17. The second kappa shape index (κ2) is 4.85. The Morgan fingerprint density at radius 1 is 1.25 bits per heavy atom. The topological polar surface area (TPSA) is 72.0 Å². The smallest absolute Gasteiger partial charge is 0.156 e. The van der Waals surface area contributed by atoms with Gasteiger partial charge in [0.05, 0.1) is 0 Å². The molecule has 0 unspecified atom stereocenters. The van der Waals surface area contributed by atoms with E-state index in [2.05, 4.69) is 9.97 Å². The number of nitrogen functional groups attached to an aromatic ring is 1. The number of phenols is 1. The number of phenolic OH excluding ortho intramolecular Hbond substituents is 1. The van der Waals surface area contributed by atoms with E-state index in [1.807, 2.05) is 12.1 Å². The lowest BCUT2D eigenvalue weighted by Crippen LogP contribution is -1.94. The molecule has 0 saturated carbocycles. The standard InChI is InChI=1S/C11H11N3OS/c12-10-11(14-5-4-13-10)16-7-8-2-1-3-9(15)6-8/h1-6,15H,7H2,(H2,12,13). The maximum absolute atomic E-state index is 9.30. The van der Waals surface area contributed by atoms with Crippen LogP contribution in [-0.2, 0) is 5.75 Å². The summed E-state index contributed by atoms with van der Waals surface area (Å²) < 4.78 is 0. The van der Waals surface area contributed by atoms with Crippen LogP contribution in [0.1, 0.15) is 5.56 Å². The Morgan fingerprint density at radius 2 is 2.06 bits per heavy atom. The van der Waals surface area contributed by atoms with Gasteiger partial charge < -0.3 is 10.8 Å². The van der Waals surface area contributed by atoms with Gasteiger partial charge in [0.15, 0.2) is 5.82 Å². The molecule has 0 aliphatic rings. The molecule has 2 rings (SSSR count). The molecule has 0 atom stereocenters. The number of benzene rings is 1. The first-order chi connectivity index (χ1) is 7.75. The first-order valence-corrected chi connectivity index (χ1v) is 5.71. The number of hydrogen-bond donors (Lipinski definition) is 2. The summed E-state index contributed by atoms with van der Waals surface area (Å²) in [5, 5.41) is 10.0. The zero-order valence-electron chi connectivity index (χ0n) is 8.50. The normalized spacial score (nSPS) is 10.2. The molecule has 2 aromatic rings. The predicted molar refractivity (Wildman–Crippen MR) is 64.1 cm³/mol. The Hall–Kier alpha value is -1.75. The maximum atomic E-state index is 9.30. The summed E-state index contributed by atoms with van der Waals surface area (Å²) in [6.45, 7) is 0. The Bertz CT molecular complexity index is 490. The summed E-state index contributed by atoms with van der Waals surface area (Å²) in [5.74, 6) is 1.41. The third kappa shape index (κ3) is 2.64. The predicted octanol–water partition coefficient (Wildman–Crippen LogP) is 2.06. The number of hydrogen-bond acceptors (Lipinski definition) is 5. The molecule has 0 amide bonds. The summed E-state index contributed by atoms with van der Waals surface area (Å²) in [7, 11) is 0. The molecule has 5 heteroatoms. The minimum absolute atomic E-state index is 0.269. The number of thioether (sulfide) groups is 1. The van der Waals surface area contributed by atoms with Crippen molar-refractivity contribution in [2.45, 2.75) is 10.8 Å². The van der Waals surface area contributed by atoms with E-state index in [0.29, 0.717) is 16.6 Å². The van der Waals surface area contributed by atoms with Crippen LogP contribution in [0, 0.1) is 0 Å². The van der Waals surface area contributed by atoms with Crippen molar-refractivity contribution in [3.63, 3.8) is 0 Å². The van der Waals surface area contributed by atoms with Gasteiger partial charge in [-0.25, -0.2) is 9.97 Å². The Kier molecular flexibility index (Phi) is 3.26. The highest BCUT2D eigenvalue weighted by molar-refractivity contribution is 7.98. The van der Waals surface area contributed by atoms with E-state index in [1.54, 1.807) is 24.5 Å². The summed E-state index contributed by atoms with van der Waals surface area (Å²) in [6.07, 6.45) is 3.18. The number of nitrogens with zero attached hydrogens (tertiary/aromatic N) is 2. The van der Waals surface area contributed by atoms with Gasteiger partial charge in [0.2, 0.25) is 0 Å². The zero-order chi connectivity index (χ0) is 11.4. The summed E-state index contributed by atoms with van der Waals surface area (Å²) in [4.78, 5) is 8.08. The first-order valence-electron chi connectivity index (χ1n) is 4.73. The van der Waals surface area contributed by atoms with Crippen LogP contribution in [0.4, 0.5) is 5.82 Å². The lowest BCUT2D eigenvalue weighted by molar-refractivity contribution is 0.475. The van der Waals surface area contributed by atoms with Crippen LogP contribution in [0.5, 0.6) is 5.75 Å². The van der Waals surface area contributed by atoms with Crippen molar-refractivity contribution < 1.29 is 5.11 Å². The van der Waals surface area contributed by atoms with Crippen LogP contribution in [0.15, 0.2) is 41.7 Å². The zero-order valence-corrected chi connectivity index (χ0v) is 9.31. The lowest BCUT2D eigenvalue weighted by Gasteiger charge is -2.03. The molecule has 1 heterocycles. The van der Waals surface area contributed by atoms with Crippen molar-refractivity contribution >= 4 is 17.6 Å². The molecular weight excluding hydrogens is 222 g/mol. The number of nitrogens with two attached hydrogens (primary N) is 1. The summed E-state index contributed by atoms with van der Waals surface area (Å²) in [5.41, 5.74) is 6.69. The highest BCUT2D eigenvalue weighted by Crippen LogP contribution is 2.25. The molecule has 0 aliphatic heterocycles. The molecule has 1 aromatic heterocycles. The minimum atomic E-state index is 0.269. The lowest BCUT2D eigenvalue weighted by atomic mass is 10.2. The molecule has 1 aromatic carbocycles. The third-order valence-corrected chi connectivity index (χ3v) is 3.04. The molecule has 0 bridgehead atoms. The quantitative estimate of drug-likeness (QED) is 0.794. The van der Waals surface area contributed by atoms with Crippen LogP contribution in [0.2, 0.25) is 0 Å². The molecule has 3 N–H and O–H groups in total. The van der Waals surface area contributed by atoms with Crippen molar-refractivity contribution in [1.29, 1.82) is 0 Å². The van der Waals surface area contributed by atoms with Crippen LogP contribution in [0.3, 0.4) is 0 Å². The number of aromatic hydroxyl groups is 1. The highest BCUT2D eigenvalue weighted by atomic mass is 32.2. The van der Waals surface area contributed by atoms with Crippen molar-refractivity contribution in [1.82, 2.24) is 9.97 Å². The van der Waals surface area contributed by atoms with E-state index in [-0.39, 0.29) is 5.75 Å². The summed E-state index contributed by atoms with van der Waals surface area (Å²) in [6, 6.07) is 7.12. The molecule has 0 spiro atoms. The van der Waals surface area contributed by atoms with E-state index in [1.165, 1.54) is 11.8 Å². The molecule has 0 saturated heterocycles. The first kappa shape index (κ1) is 10.8. The molecular formula is C11H11N3OS. The van der Waals surface area contributed by atoms with Crippen LogP contribution < -0.4 is 5.73 Å². The maximum Gasteiger partial charge on any atom is 0.156 e. The average molecular weight is 233 g/mol. The van der Waals surface area contributed by atoms with Crippen LogP contribution in [0.25, 0.3) is 0 Å². The van der Waals surface area contributed by atoms with Gasteiger partial charge in [-0.2, -0.15) is 0 Å². The van der Waals surface area contributed by atoms with Crippen molar-refractivity contribution in [3.05, 3.63) is 42.2 Å². The molecule has 0 fully saturated rings. The van der Waals surface area contributed by atoms with Crippen LogP contribution >= 0.6 is 11.8 Å². The van der Waals surface area contributed by atoms with Gasteiger partial charge >= 0.3 is 0 Å². The van der Waals surface area contributed by atoms with Gasteiger partial charge in [-0.1, -0.05) is 23.9 Å². The monoisotopic (exact) mass is 233 g/mol. The van der Waals surface area contributed by atoms with Crippen molar-refractivity contribution in [2.24, 2.45) is 0 Å². The van der Waals surface area contributed by atoms with E-state index in [4.69, 9.17) is 5.73 Å².